The summed E-state index contributed by atoms with van der Waals surface area (Å²) in [7, 11) is 1.47. The Bertz CT molecular complexity index is 712. The quantitative estimate of drug-likeness (QED) is 0.643. The number of hydrogen-bond acceptors (Lipinski definition) is 5. The fourth-order valence-electron chi connectivity index (χ4n) is 2.46. The van der Waals surface area contributed by atoms with Crippen LogP contribution < -0.4 is 4.74 Å². The molecule has 1 aliphatic rings. The lowest BCUT2D eigenvalue weighted by Crippen LogP contribution is -2.19. The molecule has 0 saturated heterocycles. The normalized spacial score (nSPS) is 16.3. The van der Waals surface area contributed by atoms with E-state index in [1.54, 1.807) is 0 Å². The van der Waals surface area contributed by atoms with Gasteiger partial charge in [0, 0.05) is 19.1 Å². The second-order valence-corrected chi connectivity index (χ2v) is 5.07. The maximum Gasteiger partial charge on any atom is 0.367 e. The predicted octanol–water partition coefficient (Wildman–Crippen LogP) is 3.10. The lowest BCUT2D eigenvalue weighted by Gasteiger charge is -2.18. The van der Waals surface area contributed by atoms with Crippen molar-refractivity contribution < 1.29 is 19.1 Å². The van der Waals surface area contributed by atoms with Gasteiger partial charge in [0.15, 0.2) is 6.10 Å². The van der Waals surface area contributed by atoms with Gasteiger partial charge in [-0.3, -0.25) is 0 Å². The summed E-state index contributed by atoms with van der Waals surface area (Å²) in [5.41, 5.74) is 2.27. The average Bonchev–Trinajstić information content (AvgIpc) is 2.61. The lowest BCUT2D eigenvalue weighted by atomic mass is 10.0. The Balaban J connectivity index is 1.76. The number of carbonyl (C=O) groups is 1. The van der Waals surface area contributed by atoms with Gasteiger partial charge < -0.3 is 14.3 Å². The van der Waals surface area contributed by atoms with E-state index in [1.165, 1.54) is 7.11 Å². The largest absolute Gasteiger partial charge is 0.492 e. The van der Waals surface area contributed by atoms with Crippen LogP contribution in [-0.2, 0) is 14.4 Å². The van der Waals surface area contributed by atoms with Crippen LogP contribution in [0.2, 0.25) is 0 Å². The molecular formula is C18H17NO4. The number of benzene rings is 2. The molecule has 2 aromatic carbocycles. The van der Waals surface area contributed by atoms with Gasteiger partial charge in [-0.15, -0.1) is 0 Å². The van der Waals surface area contributed by atoms with Crippen LogP contribution in [0.25, 0.3) is 0 Å². The molecule has 1 atom stereocenters. The van der Waals surface area contributed by atoms with Gasteiger partial charge in [0.25, 0.3) is 0 Å². The topological polar surface area (TPSA) is 57.1 Å². The van der Waals surface area contributed by atoms with Crippen molar-refractivity contribution in [3.8, 4) is 5.75 Å². The number of fused-ring (bicyclic) bond motifs is 1. The van der Waals surface area contributed by atoms with Crippen LogP contribution in [-0.4, -0.2) is 25.4 Å². The van der Waals surface area contributed by atoms with E-state index in [4.69, 9.17) is 14.3 Å². The second-order valence-electron chi connectivity index (χ2n) is 5.07. The van der Waals surface area contributed by atoms with E-state index in [-0.39, 0.29) is 0 Å². The number of hydrogen-bond donors (Lipinski definition) is 0. The minimum atomic E-state index is -0.796. The highest BCUT2D eigenvalue weighted by Crippen LogP contribution is 2.25. The Labute approximate surface area is 134 Å². The van der Waals surface area contributed by atoms with Crippen molar-refractivity contribution in [2.24, 2.45) is 5.16 Å². The van der Waals surface area contributed by atoms with E-state index in [0.29, 0.717) is 18.7 Å². The molecule has 0 bridgehead atoms. The summed E-state index contributed by atoms with van der Waals surface area (Å²) in [4.78, 5) is 17.4. The van der Waals surface area contributed by atoms with Gasteiger partial charge in [-0.1, -0.05) is 47.6 Å². The van der Waals surface area contributed by atoms with Crippen LogP contribution in [0.4, 0.5) is 0 Å². The SMILES string of the molecule is COC(C(=O)O/N=C1\CCOc2ccccc21)c1ccccc1. The summed E-state index contributed by atoms with van der Waals surface area (Å²) in [6.07, 6.45) is -0.205. The first-order chi connectivity index (χ1) is 11.3. The van der Waals surface area contributed by atoms with Gasteiger partial charge in [0.05, 0.1) is 12.3 Å². The van der Waals surface area contributed by atoms with Gasteiger partial charge in [0.2, 0.25) is 0 Å². The fourth-order valence-corrected chi connectivity index (χ4v) is 2.46. The van der Waals surface area contributed by atoms with E-state index in [2.05, 4.69) is 5.16 Å². The second kappa shape index (κ2) is 7.07. The number of nitrogens with zero attached hydrogens (tertiary/aromatic N) is 1. The Morgan fingerprint density at radius 2 is 1.87 bits per heavy atom. The molecule has 2 aromatic rings. The van der Waals surface area contributed by atoms with Crippen LogP contribution >= 0.6 is 0 Å². The molecule has 3 rings (SSSR count). The molecule has 0 amide bonds. The molecule has 0 fully saturated rings. The molecule has 118 valence electrons. The van der Waals surface area contributed by atoms with Gasteiger partial charge in [-0.05, 0) is 17.7 Å². The van der Waals surface area contributed by atoms with Crippen molar-refractivity contribution in [3.05, 3.63) is 65.7 Å². The first-order valence-corrected chi connectivity index (χ1v) is 7.37. The number of rotatable bonds is 4. The smallest absolute Gasteiger partial charge is 0.367 e. The van der Waals surface area contributed by atoms with E-state index in [9.17, 15) is 4.79 Å². The van der Waals surface area contributed by atoms with Crippen molar-refractivity contribution in [2.45, 2.75) is 12.5 Å². The Kier molecular flexibility index (Phi) is 4.68. The molecule has 0 N–H and O–H groups in total. The van der Waals surface area contributed by atoms with Crippen molar-refractivity contribution in [1.82, 2.24) is 0 Å². The number of para-hydroxylation sites is 1. The maximum absolute atomic E-state index is 12.2. The number of carbonyl (C=O) groups excluding carboxylic acids is 1. The molecule has 0 aliphatic carbocycles. The monoisotopic (exact) mass is 311 g/mol. The van der Waals surface area contributed by atoms with E-state index in [1.807, 2.05) is 54.6 Å². The minimum absolute atomic E-state index is 0.514. The van der Waals surface area contributed by atoms with E-state index in [0.717, 1.165) is 16.9 Å². The predicted molar refractivity (Wildman–Crippen MR) is 85.4 cm³/mol. The van der Waals surface area contributed by atoms with E-state index >= 15 is 0 Å². The van der Waals surface area contributed by atoms with Gasteiger partial charge >= 0.3 is 5.97 Å². The molecule has 0 radical (unpaired) electrons. The number of methoxy groups -OCH3 is 1. The summed E-state index contributed by atoms with van der Waals surface area (Å²) in [6.45, 7) is 0.514. The third kappa shape index (κ3) is 3.40. The van der Waals surface area contributed by atoms with Gasteiger partial charge in [-0.2, -0.15) is 0 Å². The Morgan fingerprint density at radius 3 is 2.65 bits per heavy atom. The van der Waals surface area contributed by atoms with Crippen LogP contribution in [0, 0.1) is 0 Å². The molecule has 5 nitrogen and oxygen atoms in total. The van der Waals surface area contributed by atoms with E-state index < -0.39 is 12.1 Å². The summed E-state index contributed by atoms with van der Waals surface area (Å²) >= 11 is 0. The lowest BCUT2D eigenvalue weighted by molar-refractivity contribution is -0.155. The zero-order valence-corrected chi connectivity index (χ0v) is 12.8. The summed E-state index contributed by atoms with van der Waals surface area (Å²) in [5.74, 6) is 0.204. The molecule has 23 heavy (non-hydrogen) atoms. The highest BCUT2D eigenvalue weighted by atomic mass is 16.7. The maximum atomic E-state index is 12.2. The van der Waals surface area contributed by atoms with Crippen LogP contribution in [0.3, 0.4) is 0 Å². The minimum Gasteiger partial charge on any atom is -0.492 e. The fraction of sp³-hybridized carbons (Fsp3) is 0.222. The van der Waals surface area contributed by atoms with Crippen molar-refractivity contribution in [1.29, 1.82) is 0 Å². The number of oxime groups is 1. The zero-order valence-electron chi connectivity index (χ0n) is 12.8. The van der Waals surface area contributed by atoms with Crippen molar-refractivity contribution in [3.63, 3.8) is 0 Å². The third-order valence-electron chi connectivity index (χ3n) is 3.59. The van der Waals surface area contributed by atoms with Gasteiger partial charge in [0.1, 0.15) is 5.75 Å². The highest BCUT2D eigenvalue weighted by Gasteiger charge is 2.23. The first-order valence-electron chi connectivity index (χ1n) is 7.37. The zero-order chi connectivity index (χ0) is 16.1. The molecular weight excluding hydrogens is 294 g/mol. The van der Waals surface area contributed by atoms with Crippen LogP contribution in [0.5, 0.6) is 5.75 Å². The molecule has 0 spiro atoms. The molecule has 1 unspecified atom stereocenters. The molecule has 1 aliphatic heterocycles. The Hall–Kier alpha value is -2.66. The summed E-state index contributed by atoms with van der Waals surface area (Å²) < 4.78 is 10.8. The van der Waals surface area contributed by atoms with Crippen molar-refractivity contribution in [2.75, 3.05) is 13.7 Å². The number of ether oxygens (including phenoxy) is 2. The summed E-state index contributed by atoms with van der Waals surface area (Å²) in [6, 6.07) is 16.7. The first kappa shape index (κ1) is 15.2. The summed E-state index contributed by atoms with van der Waals surface area (Å²) in [5, 5.41) is 4.03. The molecule has 1 heterocycles. The Morgan fingerprint density at radius 1 is 1.13 bits per heavy atom. The van der Waals surface area contributed by atoms with Crippen molar-refractivity contribution >= 4 is 11.7 Å². The molecule has 0 aromatic heterocycles. The average molecular weight is 311 g/mol. The van der Waals surface area contributed by atoms with Crippen LogP contribution in [0.1, 0.15) is 23.7 Å². The molecule has 0 saturated carbocycles. The third-order valence-corrected chi connectivity index (χ3v) is 3.59. The highest BCUT2D eigenvalue weighted by molar-refractivity contribution is 6.03. The standard InChI is InChI=1S/C18H17NO4/c1-21-17(13-7-3-2-4-8-13)18(20)23-19-15-11-12-22-16-10-6-5-9-14(15)16/h2-10,17H,11-12H2,1H3/b19-15+. The molecule has 5 heteroatoms. The van der Waals surface area contributed by atoms with Crippen LogP contribution in [0.15, 0.2) is 59.8 Å². The van der Waals surface area contributed by atoms with Gasteiger partial charge in [-0.25, -0.2) is 4.79 Å².